The highest BCUT2D eigenvalue weighted by Gasteiger charge is 2.41. The van der Waals surface area contributed by atoms with Crippen molar-refractivity contribution in [2.45, 2.75) is 32.2 Å². The van der Waals surface area contributed by atoms with Gasteiger partial charge in [0.15, 0.2) is 11.5 Å². The number of benzene rings is 1. The Morgan fingerprint density at radius 2 is 2.00 bits per heavy atom. The van der Waals surface area contributed by atoms with E-state index in [2.05, 4.69) is 24.4 Å². The van der Waals surface area contributed by atoms with Gasteiger partial charge in [0.1, 0.15) is 13.2 Å². The van der Waals surface area contributed by atoms with Gasteiger partial charge in [-0.25, -0.2) is 0 Å². The van der Waals surface area contributed by atoms with E-state index >= 15 is 0 Å². The van der Waals surface area contributed by atoms with Crippen LogP contribution in [-0.2, 0) is 4.74 Å². The van der Waals surface area contributed by atoms with Crippen LogP contribution in [0.4, 0.5) is 0 Å². The Kier molecular flexibility index (Phi) is 4.36. The van der Waals surface area contributed by atoms with Crippen LogP contribution >= 0.6 is 0 Å². The van der Waals surface area contributed by atoms with E-state index in [9.17, 15) is 0 Å². The molecule has 3 rings (SSSR count). The first-order valence-electron chi connectivity index (χ1n) is 7.84. The summed E-state index contributed by atoms with van der Waals surface area (Å²) in [4.78, 5) is 0. The van der Waals surface area contributed by atoms with Crippen LogP contribution in [0.25, 0.3) is 0 Å². The molecule has 1 atom stereocenters. The van der Waals surface area contributed by atoms with Gasteiger partial charge in [-0.1, -0.05) is 6.07 Å². The summed E-state index contributed by atoms with van der Waals surface area (Å²) in [5.41, 5.74) is 1.72. The molecule has 0 radical (unpaired) electrons. The minimum atomic E-state index is 0.320. The van der Waals surface area contributed by atoms with Gasteiger partial charge in [-0.15, -0.1) is 0 Å². The van der Waals surface area contributed by atoms with Gasteiger partial charge in [0.2, 0.25) is 0 Å². The summed E-state index contributed by atoms with van der Waals surface area (Å²) in [5.74, 6) is 1.73. The van der Waals surface area contributed by atoms with Crippen molar-refractivity contribution >= 4 is 0 Å². The molecule has 0 amide bonds. The fourth-order valence-corrected chi connectivity index (χ4v) is 2.83. The molecule has 116 valence electrons. The van der Waals surface area contributed by atoms with Gasteiger partial charge in [0.25, 0.3) is 0 Å². The van der Waals surface area contributed by atoms with E-state index in [-0.39, 0.29) is 0 Å². The largest absolute Gasteiger partial charge is 0.486 e. The second-order valence-electron chi connectivity index (χ2n) is 6.25. The van der Waals surface area contributed by atoms with Crippen LogP contribution in [0.5, 0.6) is 11.5 Å². The molecule has 1 N–H and O–H groups in total. The molecule has 1 aromatic rings. The summed E-state index contributed by atoms with van der Waals surface area (Å²) in [5, 5.41) is 3.67. The molecular formula is C17H25NO3. The van der Waals surface area contributed by atoms with Crippen molar-refractivity contribution in [3.63, 3.8) is 0 Å². The predicted molar refractivity (Wildman–Crippen MR) is 82.0 cm³/mol. The molecule has 0 aromatic heterocycles. The van der Waals surface area contributed by atoms with Gasteiger partial charge >= 0.3 is 0 Å². The topological polar surface area (TPSA) is 39.7 Å². The SMILES string of the molecule is COCCC1(CNC(C)c2ccc3c(c2)OCCO3)CC1. The molecular weight excluding hydrogens is 266 g/mol. The summed E-state index contributed by atoms with van der Waals surface area (Å²) < 4.78 is 16.4. The Bertz CT molecular complexity index is 485. The standard InChI is InChI=1S/C17H25NO3/c1-13(18-12-17(5-6-17)7-8-19-2)14-3-4-15-16(11-14)21-10-9-20-15/h3-4,11,13,18H,5-10,12H2,1-2H3. The molecule has 1 aliphatic heterocycles. The molecule has 0 bridgehead atoms. The smallest absolute Gasteiger partial charge is 0.161 e. The van der Waals surface area contributed by atoms with Gasteiger partial charge in [-0.2, -0.15) is 0 Å². The van der Waals surface area contributed by atoms with Crippen molar-refractivity contribution in [1.82, 2.24) is 5.32 Å². The van der Waals surface area contributed by atoms with Crippen molar-refractivity contribution < 1.29 is 14.2 Å². The zero-order valence-corrected chi connectivity index (χ0v) is 13.0. The Labute approximate surface area is 126 Å². The second-order valence-corrected chi connectivity index (χ2v) is 6.25. The van der Waals surface area contributed by atoms with Crippen LogP contribution in [-0.4, -0.2) is 33.5 Å². The minimum Gasteiger partial charge on any atom is -0.486 e. The fourth-order valence-electron chi connectivity index (χ4n) is 2.83. The summed E-state index contributed by atoms with van der Waals surface area (Å²) >= 11 is 0. The third kappa shape index (κ3) is 3.50. The van der Waals surface area contributed by atoms with E-state index in [1.165, 1.54) is 18.4 Å². The molecule has 4 heteroatoms. The van der Waals surface area contributed by atoms with Gasteiger partial charge < -0.3 is 19.5 Å². The van der Waals surface area contributed by atoms with Gasteiger partial charge in [0.05, 0.1) is 0 Å². The van der Waals surface area contributed by atoms with E-state index in [1.54, 1.807) is 7.11 Å². The Hall–Kier alpha value is -1.26. The normalized spacial score (nSPS) is 20.1. The zero-order chi connectivity index (χ0) is 14.7. The summed E-state index contributed by atoms with van der Waals surface area (Å²) in [6.07, 6.45) is 3.79. The minimum absolute atomic E-state index is 0.320. The first kappa shape index (κ1) is 14.7. The van der Waals surface area contributed by atoms with Gasteiger partial charge in [0, 0.05) is 26.3 Å². The predicted octanol–water partition coefficient (Wildman–Crippen LogP) is 2.93. The molecule has 21 heavy (non-hydrogen) atoms. The van der Waals surface area contributed by atoms with Crippen molar-refractivity contribution in [3.05, 3.63) is 23.8 Å². The first-order valence-corrected chi connectivity index (χ1v) is 7.84. The summed E-state index contributed by atoms with van der Waals surface area (Å²) in [7, 11) is 1.78. The van der Waals surface area contributed by atoms with Crippen LogP contribution in [0, 0.1) is 5.41 Å². The van der Waals surface area contributed by atoms with E-state index in [0.29, 0.717) is 24.7 Å². The van der Waals surface area contributed by atoms with Gasteiger partial charge in [-0.05, 0) is 49.3 Å². The van der Waals surface area contributed by atoms with Crippen molar-refractivity contribution in [1.29, 1.82) is 0 Å². The third-order valence-electron chi connectivity index (χ3n) is 4.64. The van der Waals surface area contributed by atoms with Crippen LogP contribution < -0.4 is 14.8 Å². The molecule has 1 saturated carbocycles. The van der Waals surface area contributed by atoms with E-state index in [4.69, 9.17) is 14.2 Å². The molecule has 1 unspecified atom stereocenters. The summed E-state index contributed by atoms with van der Waals surface area (Å²) in [6, 6.07) is 6.56. The summed E-state index contributed by atoms with van der Waals surface area (Å²) in [6.45, 7) is 5.41. The van der Waals surface area contributed by atoms with Crippen LogP contribution in [0.1, 0.15) is 37.8 Å². The second kappa shape index (κ2) is 6.24. The van der Waals surface area contributed by atoms with E-state index in [1.807, 2.05) is 6.07 Å². The Balaban J connectivity index is 1.57. The molecule has 4 nitrogen and oxygen atoms in total. The first-order chi connectivity index (χ1) is 10.2. The van der Waals surface area contributed by atoms with E-state index in [0.717, 1.165) is 31.1 Å². The Morgan fingerprint density at radius 1 is 1.24 bits per heavy atom. The lowest BCUT2D eigenvalue weighted by Crippen LogP contribution is -2.27. The number of rotatable bonds is 7. The number of hydrogen-bond donors (Lipinski definition) is 1. The highest BCUT2D eigenvalue weighted by molar-refractivity contribution is 5.44. The molecule has 1 aliphatic carbocycles. The average molecular weight is 291 g/mol. The number of methoxy groups -OCH3 is 1. The Morgan fingerprint density at radius 3 is 2.71 bits per heavy atom. The molecule has 1 heterocycles. The van der Waals surface area contributed by atoms with Crippen LogP contribution in [0.2, 0.25) is 0 Å². The van der Waals surface area contributed by atoms with Crippen molar-refractivity contribution in [2.24, 2.45) is 5.41 Å². The maximum absolute atomic E-state index is 5.66. The third-order valence-corrected chi connectivity index (χ3v) is 4.64. The lowest BCUT2D eigenvalue weighted by molar-refractivity contribution is 0.169. The highest BCUT2D eigenvalue weighted by atomic mass is 16.6. The van der Waals surface area contributed by atoms with Crippen molar-refractivity contribution in [2.75, 3.05) is 33.5 Å². The fraction of sp³-hybridized carbons (Fsp3) is 0.647. The number of nitrogens with one attached hydrogen (secondary N) is 1. The molecule has 2 aliphatic rings. The number of fused-ring (bicyclic) bond motifs is 1. The molecule has 1 fully saturated rings. The number of ether oxygens (including phenoxy) is 3. The highest BCUT2D eigenvalue weighted by Crippen LogP contribution is 2.48. The zero-order valence-electron chi connectivity index (χ0n) is 13.0. The lowest BCUT2D eigenvalue weighted by Gasteiger charge is -2.23. The molecule has 0 saturated heterocycles. The number of hydrogen-bond acceptors (Lipinski definition) is 4. The quantitative estimate of drug-likeness (QED) is 0.838. The van der Waals surface area contributed by atoms with Crippen LogP contribution in [0.15, 0.2) is 18.2 Å². The van der Waals surface area contributed by atoms with Crippen molar-refractivity contribution in [3.8, 4) is 11.5 Å². The maximum atomic E-state index is 5.66. The van der Waals surface area contributed by atoms with Crippen LogP contribution in [0.3, 0.4) is 0 Å². The maximum Gasteiger partial charge on any atom is 0.161 e. The lowest BCUT2D eigenvalue weighted by atomic mass is 10.0. The molecule has 1 aromatic carbocycles. The van der Waals surface area contributed by atoms with E-state index < -0.39 is 0 Å². The average Bonchev–Trinajstić information content (AvgIpc) is 3.30. The van der Waals surface area contributed by atoms with Gasteiger partial charge in [-0.3, -0.25) is 0 Å². The monoisotopic (exact) mass is 291 g/mol. The molecule has 0 spiro atoms.